The number of halogens is 3. The fourth-order valence-electron chi connectivity index (χ4n) is 2.25. The summed E-state index contributed by atoms with van der Waals surface area (Å²) in [5.41, 5.74) is 0. The number of alkyl halides is 3. The maximum absolute atomic E-state index is 11.8. The van der Waals surface area contributed by atoms with Gasteiger partial charge in [0.1, 0.15) is 6.10 Å². The second-order valence-corrected chi connectivity index (χ2v) is 4.77. The van der Waals surface area contributed by atoms with Crippen molar-refractivity contribution in [1.29, 1.82) is 0 Å². The van der Waals surface area contributed by atoms with Gasteiger partial charge in [0, 0.05) is 0 Å². The Hall–Kier alpha value is -0.780. The van der Waals surface area contributed by atoms with Crippen LogP contribution in [0, 0.1) is 5.92 Å². The number of hydrogen-bond acceptors (Lipinski definition) is 3. The predicted molar refractivity (Wildman–Crippen MR) is 61.1 cm³/mol. The molecule has 1 fully saturated rings. The van der Waals surface area contributed by atoms with Crippen molar-refractivity contribution in [3.05, 3.63) is 0 Å². The van der Waals surface area contributed by atoms with E-state index in [1.165, 1.54) is 0 Å². The lowest BCUT2D eigenvalue weighted by molar-refractivity contribution is -0.151. The number of hydrogen-bond donors (Lipinski definition) is 1. The van der Waals surface area contributed by atoms with Gasteiger partial charge in [-0.05, 0) is 25.2 Å². The summed E-state index contributed by atoms with van der Waals surface area (Å²) in [6.07, 6.45) is 0.467. The summed E-state index contributed by atoms with van der Waals surface area (Å²) >= 11 is 0. The van der Waals surface area contributed by atoms with E-state index in [1.807, 2.05) is 5.32 Å². The molecule has 1 N–H and O–H groups in total. The summed E-state index contributed by atoms with van der Waals surface area (Å²) in [6.45, 7) is 0.552. The Morgan fingerprint density at radius 1 is 1.39 bits per heavy atom. The highest BCUT2D eigenvalue weighted by Crippen LogP contribution is 2.28. The highest BCUT2D eigenvalue weighted by atomic mass is 19.4. The quantitative estimate of drug-likeness (QED) is 0.778. The zero-order valence-electron chi connectivity index (χ0n) is 10.6. The number of nitrogens with one attached hydrogen (secondary N) is 1. The molecule has 3 nitrogen and oxygen atoms in total. The average Bonchev–Trinajstić information content (AvgIpc) is 2.27. The number of rotatable bonds is 5. The molecule has 0 aromatic heterocycles. The van der Waals surface area contributed by atoms with Crippen molar-refractivity contribution >= 4 is 5.97 Å². The zero-order valence-corrected chi connectivity index (χ0v) is 10.6. The number of carbonyl (C=O) groups excluding carboxylic acids is 1. The standard InChI is InChI=1S/C12H20F3NO2/c1-2-9-4-3-5-10(6-9)18-11(17)7-16-8-12(13,14)15/h9-10,16H,2-8H2,1H3. The Morgan fingerprint density at radius 3 is 2.72 bits per heavy atom. The van der Waals surface area contributed by atoms with Crippen molar-refractivity contribution in [3.63, 3.8) is 0 Å². The predicted octanol–water partition coefficient (Wildman–Crippen LogP) is 2.65. The fourth-order valence-corrected chi connectivity index (χ4v) is 2.25. The number of carbonyl (C=O) groups is 1. The van der Waals surface area contributed by atoms with Crippen LogP contribution in [0.4, 0.5) is 13.2 Å². The third-order valence-electron chi connectivity index (χ3n) is 3.20. The largest absolute Gasteiger partial charge is 0.461 e. The molecule has 1 saturated carbocycles. The molecule has 0 radical (unpaired) electrons. The molecule has 0 saturated heterocycles. The van der Waals surface area contributed by atoms with Crippen LogP contribution in [0.1, 0.15) is 39.0 Å². The van der Waals surface area contributed by atoms with Crippen LogP contribution in [0.25, 0.3) is 0 Å². The Balaban J connectivity index is 2.19. The number of ether oxygens (including phenoxy) is 1. The van der Waals surface area contributed by atoms with Gasteiger partial charge in [0.2, 0.25) is 0 Å². The SMILES string of the molecule is CCC1CCCC(OC(=O)CNCC(F)(F)F)C1. The van der Waals surface area contributed by atoms with Crippen LogP contribution in [-0.2, 0) is 9.53 Å². The van der Waals surface area contributed by atoms with E-state index < -0.39 is 18.7 Å². The van der Waals surface area contributed by atoms with Gasteiger partial charge in [-0.15, -0.1) is 0 Å². The molecule has 2 unspecified atom stereocenters. The molecule has 1 rings (SSSR count). The van der Waals surface area contributed by atoms with E-state index in [-0.39, 0.29) is 12.6 Å². The van der Waals surface area contributed by atoms with Gasteiger partial charge in [-0.2, -0.15) is 13.2 Å². The molecule has 1 aliphatic carbocycles. The van der Waals surface area contributed by atoms with Gasteiger partial charge in [0.15, 0.2) is 0 Å². The van der Waals surface area contributed by atoms with Crippen molar-refractivity contribution in [2.75, 3.05) is 13.1 Å². The van der Waals surface area contributed by atoms with E-state index in [0.717, 1.165) is 32.1 Å². The fraction of sp³-hybridized carbons (Fsp3) is 0.917. The van der Waals surface area contributed by atoms with Gasteiger partial charge in [-0.3, -0.25) is 10.1 Å². The van der Waals surface area contributed by atoms with Gasteiger partial charge in [0.25, 0.3) is 0 Å². The first-order valence-corrected chi connectivity index (χ1v) is 6.37. The minimum Gasteiger partial charge on any atom is -0.461 e. The molecular formula is C12H20F3NO2. The summed E-state index contributed by atoms with van der Waals surface area (Å²) in [5, 5.41) is 2.04. The highest BCUT2D eigenvalue weighted by molar-refractivity contribution is 5.71. The van der Waals surface area contributed by atoms with Crippen LogP contribution in [0.2, 0.25) is 0 Å². The van der Waals surface area contributed by atoms with Crippen molar-refractivity contribution in [2.45, 2.75) is 51.3 Å². The molecule has 0 spiro atoms. The van der Waals surface area contributed by atoms with Gasteiger partial charge >= 0.3 is 12.1 Å². The Bertz CT molecular complexity index is 269. The van der Waals surface area contributed by atoms with Crippen LogP contribution >= 0.6 is 0 Å². The van der Waals surface area contributed by atoms with Crippen molar-refractivity contribution < 1.29 is 22.7 Å². The minimum atomic E-state index is -4.29. The van der Waals surface area contributed by atoms with Crippen molar-refractivity contribution in [2.24, 2.45) is 5.92 Å². The van der Waals surface area contributed by atoms with Crippen molar-refractivity contribution in [1.82, 2.24) is 5.32 Å². The van der Waals surface area contributed by atoms with Crippen LogP contribution in [0.15, 0.2) is 0 Å². The molecule has 18 heavy (non-hydrogen) atoms. The highest BCUT2D eigenvalue weighted by Gasteiger charge is 2.27. The molecule has 0 aromatic carbocycles. The van der Waals surface area contributed by atoms with E-state index in [4.69, 9.17) is 4.74 Å². The average molecular weight is 267 g/mol. The lowest BCUT2D eigenvalue weighted by atomic mass is 9.85. The van der Waals surface area contributed by atoms with Gasteiger partial charge in [-0.25, -0.2) is 0 Å². The first-order valence-electron chi connectivity index (χ1n) is 6.37. The summed E-state index contributed by atoms with van der Waals surface area (Å²) < 4.78 is 40.7. The lowest BCUT2D eigenvalue weighted by Crippen LogP contribution is -2.35. The summed E-state index contributed by atoms with van der Waals surface area (Å²) in [7, 11) is 0. The third kappa shape index (κ3) is 6.23. The summed E-state index contributed by atoms with van der Waals surface area (Å²) in [6, 6.07) is 0. The van der Waals surface area contributed by atoms with E-state index in [1.54, 1.807) is 0 Å². The monoisotopic (exact) mass is 267 g/mol. The summed E-state index contributed by atoms with van der Waals surface area (Å²) in [4.78, 5) is 11.3. The molecule has 106 valence electrons. The Kier molecular flexibility index (Phi) is 5.91. The van der Waals surface area contributed by atoms with E-state index in [9.17, 15) is 18.0 Å². The van der Waals surface area contributed by atoms with Crippen LogP contribution in [0.5, 0.6) is 0 Å². The van der Waals surface area contributed by atoms with E-state index >= 15 is 0 Å². The minimum absolute atomic E-state index is 0.121. The topological polar surface area (TPSA) is 38.3 Å². The zero-order chi connectivity index (χ0) is 13.6. The lowest BCUT2D eigenvalue weighted by Gasteiger charge is -2.28. The van der Waals surface area contributed by atoms with E-state index in [0.29, 0.717) is 5.92 Å². The molecular weight excluding hydrogens is 247 g/mol. The second kappa shape index (κ2) is 6.97. The van der Waals surface area contributed by atoms with Gasteiger partial charge < -0.3 is 4.74 Å². The first-order chi connectivity index (χ1) is 8.40. The molecule has 0 amide bonds. The molecule has 1 aliphatic rings. The normalized spacial score (nSPS) is 24.9. The van der Waals surface area contributed by atoms with Crippen molar-refractivity contribution in [3.8, 4) is 0 Å². The molecule has 0 bridgehead atoms. The Labute approximate surface area is 105 Å². The molecule has 6 heteroatoms. The first kappa shape index (κ1) is 15.3. The maximum atomic E-state index is 11.8. The molecule has 0 heterocycles. The molecule has 0 aromatic rings. The van der Waals surface area contributed by atoms with Crippen LogP contribution in [0.3, 0.4) is 0 Å². The Morgan fingerprint density at radius 2 is 2.11 bits per heavy atom. The summed E-state index contributed by atoms with van der Waals surface area (Å²) in [5.74, 6) is -0.0271. The number of esters is 1. The van der Waals surface area contributed by atoms with E-state index in [2.05, 4.69) is 6.92 Å². The third-order valence-corrected chi connectivity index (χ3v) is 3.20. The van der Waals surface area contributed by atoms with Gasteiger partial charge in [0.05, 0.1) is 13.1 Å². The molecule has 2 atom stereocenters. The maximum Gasteiger partial charge on any atom is 0.401 e. The van der Waals surface area contributed by atoms with Crippen LogP contribution in [-0.4, -0.2) is 31.3 Å². The van der Waals surface area contributed by atoms with Crippen LogP contribution < -0.4 is 5.32 Å². The van der Waals surface area contributed by atoms with Gasteiger partial charge in [-0.1, -0.05) is 19.8 Å². The smallest absolute Gasteiger partial charge is 0.401 e. The second-order valence-electron chi connectivity index (χ2n) is 4.77. The molecule has 0 aliphatic heterocycles.